The van der Waals surface area contributed by atoms with Gasteiger partial charge in [0.2, 0.25) is 5.91 Å². The van der Waals surface area contributed by atoms with Crippen molar-refractivity contribution in [2.24, 2.45) is 5.73 Å². The van der Waals surface area contributed by atoms with Gasteiger partial charge in [-0.2, -0.15) is 0 Å². The molecule has 0 aromatic heterocycles. The minimum atomic E-state index is -0.0463. The molecule has 0 spiro atoms. The maximum atomic E-state index is 11.8. The Morgan fingerprint density at radius 1 is 1.15 bits per heavy atom. The van der Waals surface area contributed by atoms with Crippen molar-refractivity contribution in [1.82, 2.24) is 9.80 Å². The average Bonchev–Trinajstić information content (AvgIpc) is 2.28. The lowest BCUT2D eigenvalue weighted by Crippen LogP contribution is -2.50. The zero-order valence-electron chi connectivity index (χ0n) is 12.7. The number of piperazine rings is 1. The number of halogens is 2. The Morgan fingerprint density at radius 2 is 1.70 bits per heavy atom. The van der Waals surface area contributed by atoms with Crippen LogP contribution in [0.3, 0.4) is 0 Å². The van der Waals surface area contributed by atoms with E-state index in [0.717, 1.165) is 39.3 Å². The van der Waals surface area contributed by atoms with E-state index in [0.29, 0.717) is 12.5 Å². The molecule has 5 nitrogen and oxygen atoms in total. The first-order valence-electron chi connectivity index (χ1n) is 6.86. The molecule has 1 fully saturated rings. The number of hydrogen-bond donors (Lipinski definition) is 1. The van der Waals surface area contributed by atoms with Gasteiger partial charge in [-0.1, -0.05) is 0 Å². The van der Waals surface area contributed by atoms with Crippen LogP contribution in [0, 0.1) is 0 Å². The van der Waals surface area contributed by atoms with Crippen LogP contribution in [0.4, 0.5) is 0 Å². The number of hydrogen-bond acceptors (Lipinski definition) is 4. The highest BCUT2D eigenvalue weighted by Crippen LogP contribution is 2.05. The second kappa shape index (κ2) is 11.6. The second-order valence-electron chi connectivity index (χ2n) is 5.32. The molecule has 0 aliphatic carbocycles. The maximum Gasteiger partial charge on any atom is 0.224 e. The molecule has 0 aromatic rings. The zero-order chi connectivity index (χ0) is 13.5. The number of rotatable bonds is 6. The van der Waals surface area contributed by atoms with Crippen molar-refractivity contribution in [3.8, 4) is 0 Å². The lowest BCUT2D eigenvalue weighted by atomic mass is 10.2. The summed E-state index contributed by atoms with van der Waals surface area (Å²) in [5, 5.41) is 0. The van der Waals surface area contributed by atoms with Crippen molar-refractivity contribution in [2.45, 2.75) is 39.3 Å². The van der Waals surface area contributed by atoms with Crippen molar-refractivity contribution in [3.63, 3.8) is 0 Å². The summed E-state index contributed by atoms with van der Waals surface area (Å²) in [4.78, 5) is 16.1. The summed E-state index contributed by atoms with van der Waals surface area (Å²) in [6.07, 6.45) is 0.745. The molecule has 1 atom stereocenters. The summed E-state index contributed by atoms with van der Waals surface area (Å²) in [5.74, 6) is 0.183. The van der Waals surface area contributed by atoms with Gasteiger partial charge in [0.1, 0.15) is 0 Å². The number of ether oxygens (including phenoxy) is 1. The largest absolute Gasteiger partial charge is 0.377 e. The van der Waals surface area contributed by atoms with Crippen molar-refractivity contribution < 1.29 is 9.53 Å². The molecular weight excluding hydrogens is 301 g/mol. The minimum Gasteiger partial charge on any atom is -0.377 e. The van der Waals surface area contributed by atoms with E-state index in [-0.39, 0.29) is 36.8 Å². The highest BCUT2D eigenvalue weighted by Gasteiger charge is 2.21. The summed E-state index contributed by atoms with van der Waals surface area (Å²) in [6.45, 7) is 11.2. The van der Waals surface area contributed by atoms with E-state index in [2.05, 4.69) is 4.90 Å². The van der Waals surface area contributed by atoms with Crippen molar-refractivity contribution >= 4 is 30.7 Å². The van der Waals surface area contributed by atoms with Gasteiger partial charge in [-0.15, -0.1) is 24.8 Å². The number of nitrogens with zero attached hydrogens (tertiary/aromatic N) is 2. The monoisotopic (exact) mass is 329 g/mol. The highest BCUT2D eigenvalue weighted by atomic mass is 35.5. The molecule has 1 amide bonds. The second-order valence-corrected chi connectivity index (χ2v) is 5.32. The molecule has 122 valence electrons. The Kier molecular flexibility index (Phi) is 12.9. The van der Waals surface area contributed by atoms with E-state index in [9.17, 15) is 4.79 Å². The van der Waals surface area contributed by atoms with Crippen LogP contribution in [0.1, 0.15) is 27.2 Å². The van der Waals surface area contributed by atoms with Crippen molar-refractivity contribution in [1.29, 1.82) is 0 Å². The normalized spacial score (nSPS) is 17.4. The number of amides is 1. The van der Waals surface area contributed by atoms with E-state index in [1.54, 1.807) is 0 Å². The minimum absolute atomic E-state index is 0. The number of nitrogens with two attached hydrogens (primary N) is 1. The third kappa shape index (κ3) is 8.97. The molecule has 2 N–H and O–H groups in total. The quantitative estimate of drug-likeness (QED) is 0.793. The molecule has 1 aliphatic heterocycles. The Bertz CT molecular complexity index is 258. The van der Waals surface area contributed by atoms with Gasteiger partial charge in [-0.25, -0.2) is 0 Å². The van der Waals surface area contributed by atoms with Crippen LogP contribution in [-0.2, 0) is 9.53 Å². The van der Waals surface area contributed by atoms with Crippen molar-refractivity contribution in [3.05, 3.63) is 0 Å². The van der Waals surface area contributed by atoms with E-state index in [1.165, 1.54) is 0 Å². The first-order valence-corrected chi connectivity index (χ1v) is 6.86. The predicted molar refractivity (Wildman–Crippen MR) is 86.9 cm³/mol. The number of carbonyl (C=O) groups is 1. The van der Waals surface area contributed by atoms with E-state index in [1.807, 2.05) is 25.7 Å². The van der Waals surface area contributed by atoms with Gasteiger partial charge >= 0.3 is 0 Å². The van der Waals surface area contributed by atoms with Gasteiger partial charge in [0.25, 0.3) is 0 Å². The summed E-state index contributed by atoms with van der Waals surface area (Å²) in [5.41, 5.74) is 5.65. The molecule has 1 rings (SSSR count). The lowest BCUT2D eigenvalue weighted by Gasteiger charge is -2.35. The first-order chi connectivity index (χ1) is 8.49. The van der Waals surface area contributed by atoms with E-state index in [4.69, 9.17) is 10.5 Å². The van der Waals surface area contributed by atoms with Crippen molar-refractivity contribution in [2.75, 3.05) is 39.3 Å². The molecule has 20 heavy (non-hydrogen) atoms. The van der Waals surface area contributed by atoms with Crippen LogP contribution in [0.5, 0.6) is 0 Å². The van der Waals surface area contributed by atoms with Gasteiger partial charge < -0.3 is 15.4 Å². The van der Waals surface area contributed by atoms with Gasteiger partial charge in [0.05, 0.1) is 12.7 Å². The fraction of sp³-hybridized carbons (Fsp3) is 0.923. The third-order valence-corrected chi connectivity index (χ3v) is 3.08. The Balaban J connectivity index is 0. The maximum absolute atomic E-state index is 11.8. The lowest BCUT2D eigenvalue weighted by molar-refractivity contribution is -0.133. The Morgan fingerprint density at radius 3 is 2.15 bits per heavy atom. The molecule has 1 unspecified atom stereocenters. The molecule has 0 aromatic carbocycles. The molecule has 1 saturated heterocycles. The fourth-order valence-corrected chi connectivity index (χ4v) is 2.04. The average molecular weight is 330 g/mol. The first kappa shape index (κ1) is 22.2. The van der Waals surface area contributed by atoms with Gasteiger partial charge in [0.15, 0.2) is 0 Å². The van der Waals surface area contributed by atoms with Crippen LogP contribution in [0.15, 0.2) is 0 Å². The standard InChI is InChI=1S/C13H27N3O2.2ClH/c1-11(2)18-9-8-15-4-6-16(7-5-15)13(17)10-12(3)14;;/h11-12H,4-10,14H2,1-3H3;2*1H. The smallest absolute Gasteiger partial charge is 0.224 e. The molecular formula is C13H29Cl2N3O2. The number of carbonyl (C=O) groups excluding carboxylic acids is 1. The van der Waals surface area contributed by atoms with Crippen LogP contribution >= 0.6 is 24.8 Å². The molecule has 7 heteroatoms. The summed E-state index contributed by atoms with van der Waals surface area (Å²) in [7, 11) is 0. The van der Waals surface area contributed by atoms with Gasteiger partial charge in [-0.05, 0) is 20.8 Å². The van der Waals surface area contributed by atoms with Crippen LogP contribution in [-0.4, -0.2) is 67.2 Å². The molecule has 0 radical (unpaired) electrons. The molecule has 0 saturated carbocycles. The third-order valence-electron chi connectivity index (χ3n) is 3.08. The van der Waals surface area contributed by atoms with Crippen LogP contribution in [0.2, 0.25) is 0 Å². The van der Waals surface area contributed by atoms with Gasteiger partial charge in [-0.3, -0.25) is 9.69 Å². The molecule has 0 bridgehead atoms. The van der Waals surface area contributed by atoms with Gasteiger partial charge in [0, 0.05) is 45.2 Å². The summed E-state index contributed by atoms with van der Waals surface area (Å²) < 4.78 is 5.53. The Hall–Kier alpha value is -0.0700. The summed E-state index contributed by atoms with van der Waals surface area (Å²) in [6, 6.07) is -0.0463. The van der Waals surface area contributed by atoms with Crippen LogP contribution in [0.25, 0.3) is 0 Å². The SMILES string of the molecule is CC(N)CC(=O)N1CCN(CCOC(C)C)CC1.Cl.Cl. The molecule has 1 heterocycles. The summed E-state index contributed by atoms with van der Waals surface area (Å²) >= 11 is 0. The molecule has 1 aliphatic rings. The highest BCUT2D eigenvalue weighted by molar-refractivity contribution is 5.85. The fourth-order valence-electron chi connectivity index (χ4n) is 2.04. The Labute approximate surface area is 135 Å². The van der Waals surface area contributed by atoms with Crippen LogP contribution < -0.4 is 5.73 Å². The van der Waals surface area contributed by atoms with E-state index < -0.39 is 0 Å². The zero-order valence-corrected chi connectivity index (χ0v) is 14.3. The topological polar surface area (TPSA) is 58.8 Å². The van der Waals surface area contributed by atoms with E-state index >= 15 is 0 Å². The predicted octanol–water partition coefficient (Wildman–Crippen LogP) is 1.14.